The van der Waals surface area contributed by atoms with Gasteiger partial charge in [-0.1, -0.05) is 36.4 Å². The normalized spacial score (nSPS) is 11.7. The molecule has 0 fully saturated rings. The second-order valence-electron chi connectivity index (χ2n) is 4.46. The highest BCUT2D eigenvalue weighted by Crippen LogP contribution is 2.20. The Labute approximate surface area is 118 Å². The standard InChI is InChI=1S/C16H17NO3/c1-12(17)16(18)20-15-9-5-8-14(10-15)19-11-13-6-3-2-4-7-13/h2-10,12H,11,17H2,1H3/t12-/m0/s1. The first-order valence-electron chi connectivity index (χ1n) is 6.39. The number of carbonyl (C=O) groups excluding carboxylic acids is 1. The average Bonchev–Trinajstić information content (AvgIpc) is 2.46. The van der Waals surface area contributed by atoms with E-state index in [1.807, 2.05) is 36.4 Å². The molecule has 0 aliphatic heterocycles. The lowest BCUT2D eigenvalue weighted by atomic mass is 10.2. The van der Waals surface area contributed by atoms with Crippen LogP contribution in [0.1, 0.15) is 12.5 Å². The highest BCUT2D eigenvalue weighted by Gasteiger charge is 2.10. The molecule has 0 unspecified atom stereocenters. The smallest absolute Gasteiger partial charge is 0.328 e. The number of hydrogen-bond acceptors (Lipinski definition) is 4. The van der Waals surface area contributed by atoms with Crippen LogP contribution in [0.2, 0.25) is 0 Å². The number of esters is 1. The summed E-state index contributed by atoms with van der Waals surface area (Å²) < 4.78 is 10.8. The summed E-state index contributed by atoms with van der Waals surface area (Å²) in [6.07, 6.45) is 0. The molecule has 4 nitrogen and oxygen atoms in total. The SMILES string of the molecule is C[C@H](N)C(=O)Oc1cccc(OCc2ccccc2)c1. The first kappa shape index (κ1) is 14.1. The van der Waals surface area contributed by atoms with Crippen molar-refractivity contribution in [3.63, 3.8) is 0 Å². The van der Waals surface area contributed by atoms with E-state index in [0.29, 0.717) is 18.1 Å². The fraction of sp³-hybridized carbons (Fsp3) is 0.188. The Balaban J connectivity index is 1.97. The average molecular weight is 271 g/mol. The van der Waals surface area contributed by atoms with Gasteiger partial charge in [-0.2, -0.15) is 0 Å². The molecule has 0 amide bonds. The lowest BCUT2D eigenvalue weighted by Crippen LogP contribution is -2.30. The Kier molecular flexibility index (Phi) is 4.74. The summed E-state index contributed by atoms with van der Waals surface area (Å²) in [6, 6.07) is 16.1. The first-order chi connectivity index (χ1) is 9.65. The number of carbonyl (C=O) groups is 1. The third-order valence-corrected chi connectivity index (χ3v) is 2.64. The van der Waals surface area contributed by atoms with Crippen LogP contribution >= 0.6 is 0 Å². The highest BCUT2D eigenvalue weighted by atomic mass is 16.5. The van der Waals surface area contributed by atoms with Crippen LogP contribution in [0.3, 0.4) is 0 Å². The van der Waals surface area contributed by atoms with Crippen LogP contribution in [-0.2, 0) is 11.4 Å². The van der Waals surface area contributed by atoms with Gasteiger partial charge < -0.3 is 15.2 Å². The Morgan fingerprint density at radius 2 is 1.80 bits per heavy atom. The van der Waals surface area contributed by atoms with Crippen LogP contribution in [0, 0.1) is 0 Å². The van der Waals surface area contributed by atoms with Gasteiger partial charge in [0.1, 0.15) is 24.1 Å². The van der Waals surface area contributed by atoms with E-state index in [1.54, 1.807) is 25.1 Å². The van der Waals surface area contributed by atoms with Gasteiger partial charge in [0, 0.05) is 6.07 Å². The van der Waals surface area contributed by atoms with Gasteiger partial charge in [0.05, 0.1) is 0 Å². The van der Waals surface area contributed by atoms with Crippen LogP contribution in [0.15, 0.2) is 54.6 Å². The van der Waals surface area contributed by atoms with E-state index in [2.05, 4.69) is 0 Å². The molecule has 4 heteroatoms. The zero-order chi connectivity index (χ0) is 14.4. The number of nitrogens with two attached hydrogens (primary N) is 1. The Hall–Kier alpha value is -2.33. The largest absolute Gasteiger partial charge is 0.489 e. The maximum Gasteiger partial charge on any atom is 0.328 e. The molecule has 0 aromatic heterocycles. The van der Waals surface area contributed by atoms with Crippen molar-refractivity contribution in [1.82, 2.24) is 0 Å². The number of benzene rings is 2. The van der Waals surface area contributed by atoms with E-state index in [0.717, 1.165) is 5.56 Å². The van der Waals surface area contributed by atoms with Crippen molar-refractivity contribution < 1.29 is 14.3 Å². The van der Waals surface area contributed by atoms with Crippen molar-refractivity contribution in [2.24, 2.45) is 5.73 Å². The van der Waals surface area contributed by atoms with Crippen LogP contribution in [0.5, 0.6) is 11.5 Å². The lowest BCUT2D eigenvalue weighted by Gasteiger charge is -2.09. The minimum Gasteiger partial charge on any atom is -0.489 e. The molecule has 2 aromatic rings. The molecule has 2 N–H and O–H groups in total. The molecule has 0 heterocycles. The number of hydrogen-bond donors (Lipinski definition) is 1. The molecule has 104 valence electrons. The van der Waals surface area contributed by atoms with Crippen molar-refractivity contribution in [1.29, 1.82) is 0 Å². The summed E-state index contributed by atoms with van der Waals surface area (Å²) in [5, 5.41) is 0. The Morgan fingerprint density at radius 1 is 1.10 bits per heavy atom. The molecule has 0 aliphatic carbocycles. The van der Waals surface area contributed by atoms with Crippen LogP contribution in [0.4, 0.5) is 0 Å². The minimum absolute atomic E-state index is 0.429. The Morgan fingerprint density at radius 3 is 2.50 bits per heavy atom. The predicted molar refractivity (Wildman–Crippen MR) is 76.5 cm³/mol. The molecule has 0 spiro atoms. The molecular weight excluding hydrogens is 254 g/mol. The van der Waals surface area contributed by atoms with Gasteiger partial charge in [0.25, 0.3) is 0 Å². The molecule has 20 heavy (non-hydrogen) atoms. The third kappa shape index (κ3) is 4.10. The van der Waals surface area contributed by atoms with E-state index < -0.39 is 12.0 Å². The van der Waals surface area contributed by atoms with Crippen molar-refractivity contribution in [3.8, 4) is 11.5 Å². The van der Waals surface area contributed by atoms with Gasteiger partial charge in [-0.15, -0.1) is 0 Å². The molecule has 0 bridgehead atoms. The molecule has 0 saturated heterocycles. The maximum absolute atomic E-state index is 11.4. The summed E-state index contributed by atoms with van der Waals surface area (Å²) in [5.74, 6) is 0.604. The van der Waals surface area contributed by atoms with Crippen molar-refractivity contribution in [2.75, 3.05) is 0 Å². The van der Waals surface area contributed by atoms with Gasteiger partial charge >= 0.3 is 5.97 Å². The monoisotopic (exact) mass is 271 g/mol. The van der Waals surface area contributed by atoms with E-state index in [4.69, 9.17) is 15.2 Å². The lowest BCUT2D eigenvalue weighted by molar-refractivity contribution is -0.135. The van der Waals surface area contributed by atoms with Gasteiger partial charge in [0.15, 0.2) is 0 Å². The van der Waals surface area contributed by atoms with Crippen molar-refractivity contribution in [3.05, 3.63) is 60.2 Å². The molecule has 2 aromatic carbocycles. The molecule has 1 atom stereocenters. The van der Waals surface area contributed by atoms with Crippen LogP contribution in [-0.4, -0.2) is 12.0 Å². The maximum atomic E-state index is 11.4. The molecule has 0 aliphatic rings. The van der Waals surface area contributed by atoms with E-state index in [-0.39, 0.29) is 0 Å². The number of ether oxygens (including phenoxy) is 2. The Bertz CT molecular complexity index is 567. The summed E-state index contributed by atoms with van der Waals surface area (Å²) in [7, 11) is 0. The van der Waals surface area contributed by atoms with Gasteiger partial charge in [0.2, 0.25) is 0 Å². The van der Waals surface area contributed by atoms with E-state index in [9.17, 15) is 4.79 Å². The first-order valence-corrected chi connectivity index (χ1v) is 6.39. The predicted octanol–water partition coefficient (Wildman–Crippen LogP) is 2.52. The molecule has 2 rings (SSSR count). The zero-order valence-electron chi connectivity index (χ0n) is 11.3. The minimum atomic E-state index is -0.649. The topological polar surface area (TPSA) is 61.6 Å². The molecule has 0 saturated carbocycles. The second kappa shape index (κ2) is 6.73. The van der Waals surface area contributed by atoms with Gasteiger partial charge in [-0.25, -0.2) is 4.79 Å². The number of rotatable bonds is 5. The summed E-state index contributed by atoms with van der Waals surface area (Å²) in [5.41, 5.74) is 6.53. The van der Waals surface area contributed by atoms with E-state index in [1.165, 1.54) is 0 Å². The van der Waals surface area contributed by atoms with Crippen LogP contribution in [0.25, 0.3) is 0 Å². The van der Waals surface area contributed by atoms with Crippen LogP contribution < -0.4 is 15.2 Å². The highest BCUT2D eigenvalue weighted by molar-refractivity contribution is 5.77. The summed E-state index contributed by atoms with van der Waals surface area (Å²) in [4.78, 5) is 11.4. The fourth-order valence-corrected chi connectivity index (χ4v) is 1.58. The van der Waals surface area contributed by atoms with Gasteiger partial charge in [-0.05, 0) is 24.6 Å². The zero-order valence-corrected chi connectivity index (χ0v) is 11.3. The quantitative estimate of drug-likeness (QED) is 0.670. The summed E-state index contributed by atoms with van der Waals surface area (Å²) >= 11 is 0. The second-order valence-corrected chi connectivity index (χ2v) is 4.46. The molecular formula is C16H17NO3. The van der Waals surface area contributed by atoms with Crippen molar-refractivity contribution >= 4 is 5.97 Å². The summed E-state index contributed by atoms with van der Waals surface area (Å²) in [6.45, 7) is 2.05. The molecule has 0 radical (unpaired) electrons. The fourth-order valence-electron chi connectivity index (χ4n) is 1.58. The van der Waals surface area contributed by atoms with Gasteiger partial charge in [-0.3, -0.25) is 0 Å². The van der Waals surface area contributed by atoms with Crippen molar-refractivity contribution in [2.45, 2.75) is 19.6 Å². The third-order valence-electron chi connectivity index (χ3n) is 2.64. The van der Waals surface area contributed by atoms with E-state index >= 15 is 0 Å².